The lowest BCUT2D eigenvalue weighted by atomic mass is 9.98. The molecule has 0 aromatic heterocycles. The summed E-state index contributed by atoms with van der Waals surface area (Å²) in [5, 5.41) is 2.85. The SMILES string of the molecule is CCOc1ccccc1NC(=O)[C@H]1CCCN(S(=O)(=O)c2ccc(F)cc2)C1. The highest BCUT2D eigenvalue weighted by Crippen LogP contribution is 2.28. The number of anilines is 1. The Labute approximate surface area is 164 Å². The number of rotatable bonds is 6. The number of carbonyl (C=O) groups is 1. The average molecular weight is 406 g/mol. The van der Waals surface area contributed by atoms with Gasteiger partial charge in [-0.2, -0.15) is 4.31 Å². The number of nitrogens with zero attached hydrogens (tertiary/aromatic N) is 1. The van der Waals surface area contributed by atoms with Gasteiger partial charge in [0.25, 0.3) is 0 Å². The number of halogens is 1. The highest BCUT2D eigenvalue weighted by Gasteiger charge is 2.33. The molecule has 0 aliphatic carbocycles. The number of hydrogen-bond donors (Lipinski definition) is 1. The van der Waals surface area contributed by atoms with E-state index in [1.807, 2.05) is 13.0 Å². The zero-order valence-corrected chi connectivity index (χ0v) is 16.4. The molecule has 1 aliphatic heterocycles. The van der Waals surface area contributed by atoms with Crippen molar-refractivity contribution in [3.05, 3.63) is 54.3 Å². The summed E-state index contributed by atoms with van der Waals surface area (Å²) in [5.41, 5.74) is 0.563. The van der Waals surface area contributed by atoms with Gasteiger partial charge in [0.15, 0.2) is 0 Å². The van der Waals surface area contributed by atoms with E-state index in [0.717, 1.165) is 12.1 Å². The third-order valence-electron chi connectivity index (χ3n) is 4.65. The second kappa shape index (κ2) is 8.70. The molecule has 0 bridgehead atoms. The molecule has 1 fully saturated rings. The van der Waals surface area contributed by atoms with Crippen molar-refractivity contribution in [3.8, 4) is 5.75 Å². The van der Waals surface area contributed by atoms with Crippen molar-refractivity contribution < 1.29 is 22.3 Å². The first-order chi connectivity index (χ1) is 13.4. The third-order valence-corrected chi connectivity index (χ3v) is 6.53. The van der Waals surface area contributed by atoms with Gasteiger partial charge >= 0.3 is 0 Å². The first-order valence-electron chi connectivity index (χ1n) is 9.20. The standard InChI is InChI=1S/C20H23FN2O4S/c1-2-27-19-8-4-3-7-18(19)22-20(24)15-6-5-13-23(14-15)28(25,26)17-11-9-16(21)10-12-17/h3-4,7-12,15H,2,5-6,13-14H2,1H3,(H,22,24)/t15-/m0/s1. The van der Waals surface area contributed by atoms with E-state index in [-0.39, 0.29) is 17.3 Å². The molecular formula is C20H23FN2O4S. The van der Waals surface area contributed by atoms with Gasteiger partial charge in [-0.3, -0.25) is 4.79 Å². The van der Waals surface area contributed by atoms with Crippen LogP contribution in [-0.2, 0) is 14.8 Å². The van der Waals surface area contributed by atoms with Crippen LogP contribution in [0.5, 0.6) is 5.75 Å². The van der Waals surface area contributed by atoms with Crippen LogP contribution in [0.4, 0.5) is 10.1 Å². The number of ether oxygens (including phenoxy) is 1. The highest BCUT2D eigenvalue weighted by atomic mass is 32.2. The molecule has 0 saturated carbocycles. The summed E-state index contributed by atoms with van der Waals surface area (Å²) >= 11 is 0. The van der Waals surface area contributed by atoms with E-state index in [0.29, 0.717) is 37.4 Å². The zero-order chi connectivity index (χ0) is 20.1. The Morgan fingerprint density at radius 3 is 2.64 bits per heavy atom. The molecule has 1 heterocycles. The van der Waals surface area contributed by atoms with E-state index in [9.17, 15) is 17.6 Å². The summed E-state index contributed by atoms with van der Waals surface area (Å²) in [4.78, 5) is 12.8. The van der Waals surface area contributed by atoms with Crippen LogP contribution in [0.15, 0.2) is 53.4 Å². The molecule has 0 radical (unpaired) electrons. The maximum absolute atomic E-state index is 13.1. The van der Waals surface area contributed by atoms with Gasteiger partial charge in [0.2, 0.25) is 15.9 Å². The fourth-order valence-electron chi connectivity index (χ4n) is 3.22. The topological polar surface area (TPSA) is 75.7 Å². The Bertz CT molecular complexity index is 931. The molecule has 3 rings (SSSR count). The number of sulfonamides is 1. The average Bonchev–Trinajstić information content (AvgIpc) is 2.70. The Morgan fingerprint density at radius 1 is 1.21 bits per heavy atom. The number of piperidine rings is 1. The Morgan fingerprint density at radius 2 is 1.93 bits per heavy atom. The molecule has 0 unspecified atom stereocenters. The van der Waals surface area contributed by atoms with Gasteiger partial charge < -0.3 is 10.1 Å². The fraction of sp³-hybridized carbons (Fsp3) is 0.350. The molecule has 2 aromatic rings. The predicted octanol–water partition coefficient (Wildman–Crippen LogP) is 3.26. The molecule has 28 heavy (non-hydrogen) atoms. The molecule has 1 N–H and O–H groups in total. The summed E-state index contributed by atoms with van der Waals surface area (Å²) in [6.45, 7) is 2.75. The van der Waals surface area contributed by atoms with E-state index in [4.69, 9.17) is 4.74 Å². The van der Waals surface area contributed by atoms with Crippen LogP contribution in [0.25, 0.3) is 0 Å². The van der Waals surface area contributed by atoms with E-state index in [2.05, 4.69) is 5.32 Å². The van der Waals surface area contributed by atoms with Crippen molar-refractivity contribution in [2.75, 3.05) is 25.0 Å². The molecule has 8 heteroatoms. The minimum absolute atomic E-state index is 0.0247. The first kappa shape index (κ1) is 20.3. The molecule has 150 valence electrons. The lowest BCUT2D eigenvalue weighted by Gasteiger charge is -2.31. The number of para-hydroxylation sites is 2. The first-order valence-corrected chi connectivity index (χ1v) is 10.6. The van der Waals surface area contributed by atoms with Gasteiger partial charge in [-0.05, 0) is 56.2 Å². The van der Waals surface area contributed by atoms with Crippen molar-refractivity contribution >= 4 is 21.6 Å². The molecule has 0 spiro atoms. The Balaban J connectivity index is 1.72. The number of carbonyl (C=O) groups excluding carboxylic acids is 1. The maximum atomic E-state index is 13.1. The van der Waals surface area contributed by atoms with E-state index in [1.54, 1.807) is 18.2 Å². The second-order valence-electron chi connectivity index (χ2n) is 6.57. The molecule has 6 nitrogen and oxygen atoms in total. The van der Waals surface area contributed by atoms with Crippen molar-refractivity contribution in [2.24, 2.45) is 5.92 Å². The van der Waals surface area contributed by atoms with Crippen molar-refractivity contribution in [3.63, 3.8) is 0 Å². The van der Waals surface area contributed by atoms with E-state index >= 15 is 0 Å². The molecule has 1 amide bonds. The monoisotopic (exact) mass is 406 g/mol. The van der Waals surface area contributed by atoms with Gasteiger partial charge in [0.05, 0.1) is 23.1 Å². The fourth-order valence-corrected chi connectivity index (χ4v) is 4.74. The molecular weight excluding hydrogens is 383 g/mol. The predicted molar refractivity (Wildman–Crippen MR) is 104 cm³/mol. The molecule has 1 atom stereocenters. The van der Waals surface area contributed by atoms with E-state index in [1.165, 1.54) is 16.4 Å². The van der Waals surface area contributed by atoms with Gasteiger partial charge in [-0.15, -0.1) is 0 Å². The van der Waals surface area contributed by atoms with Crippen molar-refractivity contribution in [1.29, 1.82) is 0 Å². The van der Waals surface area contributed by atoms with Gasteiger partial charge in [-0.25, -0.2) is 12.8 Å². The number of hydrogen-bond acceptors (Lipinski definition) is 4. The van der Waals surface area contributed by atoms with Crippen LogP contribution >= 0.6 is 0 Å². The van der Waals surface area contributed by atoms with Gasteiger partial charge in [0, 0.05) is 13.1 Å². The van der Waals surface area contributed by atoms with Crippen LogP contribution in [0, 0.1) is 11.7 Å². The van der Waals surface area contributed by atoms with Crippen LogP contribution in [0.3, 0.4) is 0 Å². The summed E-state index contributed by atoms with van der Waals surface area (Å²) in [7, 11) is -3.77. The third kappa shape index (κ3) is 4.51. The largest absolute Gasteiger partial charge is 0.492 e. The Kier molecular flexibility index (Phi) is 6.31. The lowest BCUT2D eigenvalue weighted by molar-refractivity contribution is -0.120. The quantitative estimate of drug-likeness (QED) is 0.799. The Hall–Kier alpha value is -2.45. The number of benzene rings is 2. The number of amides is 1. The van der Waals surface area contributed by atoms with Crippen LogP contribution in [-0.4, -0.2) is 38.3 Å². The molecule has 1 saturated heterocycles. The maximum Gasteiger partial charge on any atom is 0.243 e. The van der Waals surface area contributed by atoms with Crippen molar-refractivity contribution in [1.82, 2.24) is 4.31 Å². The normalized spacial score (nSPS) is 17.9. The van der Waals surface area contributed by atoms with Crippen molar-refractivity contribution in [2.45, 2.75) is 24.7 Å². The van der Waals surface area contributed by atoms with Crippen LogP contribution in [0.1, 0.15) is 19.8 Å². The van der Waals surface area contributed by atoms with Crippen LogP contribution < -0.4 is 10.1 Å². The highest BCUT2D eigenvalue weighted by molar-refractivity contribution is 7.89. The lowest BCUT2D eigenvalue weighted by Crippen LogP contribution is -2.43. The minimum atomic E-state index is -3.77. The van der Waals surface area contributed by atoms with E-state index < -0.39 is 21.8 Å². The number of nitrogens with one attached hydrogen (secondary N) is 1. The van der Waals surface area contributed by atoms with Crippen LogP contribution in [0.2, 0.25) is 0 Å². The molecule has 2 aromatic carbocycles. The van der Waals surface area contributed by atoms with Gasteiger partial charge in [0.1, 0.15) is 11.6 Å². The second-order valence-corrected chi connectivity index (χ2v) is 8.51. The summed E-state index contributed by atoms with van der Waals surface area (Å²) < 4.78 is 45.6. The summed E-state index contributed by atoms with van der Waals surface area (Å²) in [6, 6.07) is 11.9. The smallest absolute Gasteiger partial charge is 0.243 e. The summed E-state index contributed by atoms with van der Waals surface area (Å²) in [5.74, 6) is -0.641. The summed E-state index contributed by atoms with van der Waals surface area (Å²) in [6.07, 6.45) is 1.17. The minimum Gasteiger partial charge on any atom is -0.492 e. The van der Waals surface area contributed by atoms with Gasteiger partial charge in [-0.1, -0.05) is 12.1 Å². The molecule has 1 aliphatic rings. The zero-order valence-electron chi connectivity index (χ0n) is 15.6.